The van der Waals surface area contributed by atoms with Gasteiger partial charge in [-0.25, -0.2) is 9.37 Å². The third-order valence-electron chi connectivity index (χ3n) is 3.41. The van der Waals surface area contributed by atoms with Gasteiger partial charge in [-0.2, -0.15) is 16.7 Å². The molecule has 0 radical (unpaired) electrons. The average molecular weight is 284 g/mol. The minimum Gasteiger partial charge on any atom is -0.364 e. The van der Waals surface area contributed by atoms with Crippen LogP contribution in [0.5, 0.6) is 0 Å². The molecule has 2 rings (SSSR count). The molecule has 6 heteroatoms. The smallest absolute Gasteiger partial charge is 0.224 e. The van der Waals surface area contributed by atoms with E-state index >= 15 is 0 Å². The monoisotopic (exact) mass is 284 g/mol. The van der Waals surface area contributed by atoms with Gasteiger partial charge >= 0.3 is 0 Å². The van der Waals surface area contributed by atoms with Crippen molar-refractivity contribution in [3.63, 3.8) is 0 Å². The summed E-state index contributed by atoms with van der Waals surface area (Å²) in [5.41, 5.74) is 0. The van der Waals surface area contributed by atoms with Crippen LogP contribution < -0.4 is 10.6 Å². The number of hydrogen-bond acceptors (Lipinski definition) is 5. The van der Waals surface area contributed by atoms with Crippen molar-refractivity contribution in [1.82, 2.24) is 9.97 Å². The van der Waals surface area contributed by atoms with E-state index in [1.807, 2.05) is 18.7 Å². The summed E-state index contributed by atoms with van der Waals surface area (Å²) in [5.74, 6) is 0.409. The molecule has 19 heavy (non-hydrogen) atoms. The van der Waals surface area contributed by atoms with Gasteiger partial charge in [0, 0.05) is 17.8 Å². The third-order valence-corrected chi connectivity index (χ3v) is 4.58. The van der Waals surface area contributed by atoms with E-state index in [1.54, 1.807) is 0 Å². The Morgan fingerprint density at radius 1 is 1.42 bits per heavy atom. The minimum absolute atomic E-state index is 0.294. The highest BCUT2D eigenvalue weighted by molar-refractivity contribution is 7.99. The molecule has 0 bridgehead atoms. The Hall–Kier alpha value is -1.04. The molecule has 2 atom stereocenters. The molecule has 0 aliphatic heterocycles. The average Bonchev–Trinajstić information content (AvgIpc) is 2.43. The fourth-order valence-electron chi connectivity index (χ4n) is 2.43. The summed E-state index contributed by atoms with van der Waals surface area (Å²) in [5, 5.41) is 6.80. The Balaban J connectivity index is 2.10. The zero-order valence-electron chi connectivity index (χ0n) is 11.4. The third kappa shape index (κ3) is 3.72. The van der Waals surface area contributed by atoms with Crippen LogP contribution in [0.25, 0.3) is 0 Å². The van der Waals surface area contributed by atoms with Gasteiger partial charge in [0.15, 0.2) is 11.6 Å². The zero-order chi connectivity index (χ0) is 13.7. The molecule has 1 aromatic rings. The van der Waals surface area contributed by atoms with E-state index in [9.17, 15) is 4.39 Å². The minimum atomic E-state index is -0.382. The van der Waals surface area contributed by atoms with Crippen LogP contribution in [-0.4, -0.2) is 34.1 Å². The highest BCUT2D eigenvalue weighted by Gasteiger charge is 2.25. The lowest BCUT2D eigenvalue weighted by atomic mass is 9.95. The van der Waals surface area contributed by atoms with Crippen LogP contribution in [-0.2, 0) is 0 Å². The van der Waals surface area contributed by atoms with E-state index in [0.717, 1.165) is 13.0 Å². The number of aromatic nitrogens is 2. The van der Waals surface area contributed by atoms with Crippen LogP contribution in [0.2, 0.25) is 0 Å². The second kappa shape index (κ2) is 6.93. The Morgan fingerprint density at radius 3 is 2.95 bits per heavy atom. The van der Waals surface area contributed by atoms with Crippen molar-refractivity contribution in [2.45, 2.75) is 43.9 Å². The van der Waals surface area contributed by atoms with Crippen molar-refractivity contribution in [1.29, 1.82) is 0 Å². The molecule has 1 aliphatic carbocycles. The fourth-order valence-corrected chi connectivity index (χ4v) is 3.37. The fraction of sp³-hybridized carbons (Fsp3) is 0.692. The van der Waals surface area contributed by atoms with Crippen LogP contribution >= 0.6 is 11.8 Å². The number of thioether (sulfide) groups is 1. The first kappa shape index (κ1) is 14.4. The van der Waals surface area contributed by atoms with Gasteiger partial charge in [0.2, 0.25) is 5.95 Å². The van der Waals surface area contributed by atoms with Gasteiger partial charge in [0.05, 0.1) is 6.20 Å². The van der Waals surface area contributed by atoms with Crippen LogP contribution in [0.3, 0.4) is 0 Å². The molecule has 0 saturated heterocycles. The van der Waals surface area contributed by atoms with Crippen molar-refractivity contribution >= 4 is 23.5 Å². The van der Waals surface area contributed by atoms with Crippen LogP contribution in [0.1, 0.15) is 32.6 Å². The van der Waals surface area contributed by atoms with Gasteiger partial charge in [0.25, 0.3) is 0 Å². The molecule has 0 amide bonds. The van der Waals surface area contributed by atoms with E-state index in [0.29, 0.717) is 23.1 Å². The van der Waals surface area contributed by atoms with Gasteiger partial charge in [-0.1, -0.05) is 12.8 Å². The summed E-state index contributed by atoms with van der Waals surface area (Å²) in [7, 11) is 0. The second-order valence-electron chi connectivity index (χ2n) is 4.73. The molecule has 2 N–H and O–H groups in total. The van der Waals surface area contributed by atoms with Crippen LogP contribution in [0.15, 0.2) is 6.20 Å². The van der Waals surface area contributed by atoms with Crippen molar-refractivity contribution in [2.75, 3.05) is 23.4 Å². The van der Waals surface area contributed by atoms with Gasteiger partial charge in [-0.05, 0) is 26.0 Å². The highest BCUT2D eigenvalue weighted by atomic mass is 32.2. The zero-order valence-corrected chi connectivity index (χ0v) is 12.3. The lowest BCUT2D eigenvalue weighted by Crippen LogP contribution is -2.35. The Labute approximate surface area is 118 Å². The van der Waals surface area contributed by atoms with E-state index in [1.165, 1.54) is 25.5 Å². The predicted molar refractivity (Wildman–Crippen MR) is 79.3 cm³/mol. The lowest BCUT2D eigenvalue weighted by Gasteiger charge is -2.31. The Bertz CT molecular complexity index is 416. The Morgan fingerprint density at radius 2 is 2.21 bits per heavy atom. The number of anilines is 2. The molecule has 0 spiro atoms. The predicted octanol–water partition coefficient (Wildman–Crippen LogP) is 3.13. The molecule has 0 aromatic carbocycles. The number of hydrogen-bond donors (Lipinski definition) is 2. The molecule has 1 fully saturated rings. The number of halogens is 1. The summed E-state index contributed by atoms with van der Waals surface area (Å²) < 4.78 is 13.8. The molecular formula is C13H21FN4S. The first-order chi connectivity index (χ1) is 9.24. The van der Waals surface area contributed by atoms with E-state index in [-0.39, 0.29) is 5.82 Å². The number of nitrogens with one attached hydrogen (secondary N) is 2. The molecule has 106 valence electrons. The SMILES string of the molecule is CCNc1ncc(F)c(NC2CCCCC2SC)n1. The lowest BCUT2D eigenvalue weighted by molar-refractivity contribution is 0.471. The quantitative estimate of drug-likeness (QED) is 0.870. The molecular weight excluding hydrogens is 263 g/mol. The van der Waals surface area contributed by atoms with Gasteiger partial charge in [-0.15, -0.1) is 0 Å². The molecule has 1 aliphatic rings. The Kier molecular flexibility index (Phi) is 5.24. The molecule has 1 heterocycles. The van der Waals surface area contributed by atoms with E-state index < -0.39 is 0 Å². The normalized spacial score (nSPS) is 23.1. The standard InChI is InChI=1S/C13H21FN4S/c1-3-15-13-16-8-9(14)12(18-13)17-10-6-4-5-7-11(10)19-2/h8,10-11H,3-7H2,1-2H3,(H2,15,16,17,18). The highest BCUT2D eigenvalue weighted by Crippen LogP contribution is 2.29. The van der Waals surface area contributed by atoms with Crippen LogP contribution in [0, 0.1) is 5.82 Å². The van der Waals surface area contributed by atoms with Gasteiger partial charge in [0.1, 0.15) is 0 Å². The van der Waals surface area contributed by atoms with Gasteiger partial charge < -0.3 is 10.6 Å². The largest absolute Gasteiger partial charge is 0.364 e. The van der Waals surface area contributed by atoms with E-state index in [2.05, 4.69) is 26.9 Å². The number of nitrogens with zero attached hydrogens (tertiary/aromatic N) is 2. The maximum absolute atomic E-state index is 13.8. The summed E-state index contributed by atoms with van der Waals surface area (Å²) in [4.78, 5) is 8.13. The van der Waals surface area contributed by atoms with Crippen molar-refractivity contribution in [3.8, 4) is 0 Å². The summed E-state index contributed by atoms with van der Waals surface area (Å²) >= 11 is 1.85. The first-order valence-corrected chi connectivity index (χ1v) is 8.09. The molecule has 1 aromatic heterocycles. The van der Waals surface area contributed by atoms with E-state index in [4.69, 9.17) is 0 Å². The van der Waals surface area contributed by atoms with Crippen LogP contribution in [0.4, 0.5) is 16.2 Å². The van der Waals surface area contributed by atoms with Gasteiger partial charge in [-0.3, -0.25) is 0 Å². The van der Waals surface area contributed by atoms with Crippen molar-refractivity contribution < 1.29 is 4.39 Å². The first-order valence-electron chi connectivity index (χ1n) is 6.80. The maximum atomic E-state index is 13.8. The number of rotatable bonds is 5. The second-order valence-corrected chi connectivity index (χ2v) is 5.81. The maximum Gasteiger partial charge on any atom is 0.224 e. The van der Waals surface area contributed by atoms with Crippen molar-refractivity contribution in [2.24, 2.45) is 0 Å². The topological polar surface area (TPSA) is 49.8 Å². The van der Waals surface area contributed by atoms with Crippen molar-refractivity contribution in [3.05, 3.63) is 12.0 Å². The molecule has 1 saturated carbocycles. The summed E-state index contributed by atoms with van der Waals surface area (Å²) in [6, 6.07) is 0.294. The molecule has 2 unspecified atom stereocenters. The summed E-state index contributed by atoms with van der Waals surface area (Å²) in [6.45, 7) is 2.69. The summed E-state index contributed by atoms with van der Waals surface area (Å²) in [6.07, 6.45) is 8.06. The molecule has 4 nitrogen and oxygen atoms in total.